The summed E-state index contributed by atoms with van der Waals surface area (Å²) in [5.74, 6) is -0.363. The van der Waals surface area contributed by atoms with E-state index < -0.39 is 0 Å². The van der Waals surface area contributed by atoms with Crippen molar-refractivity contribution in [1.29, 1.82) is 0 Å². The first-order valence-electron chi connectivity index (χ1n) is 12.7. The van der Waals surface area contributed by atoms with E-state index in [1.807, 2.05) is 20.8 Å². The van der Waals surface area contributed by atoms with E-state index in [1.165, 1.54) is 23.3 Å². The summed E-state index contributed by atoms with van der Waals surface area (Å²) in [6.45, 7) is 10.7. The maximum absolute atomic E-state index is 13.6. The highest BCUT2D eigenvalue weighted by atomic mass is 19.1. The Balaban J connectivity index is 1.90. The highest BCUT2D eigenvalue weighted by molar-refractivity contribution is 5.85. The fraction of sp³-hybridized carbons (Fsp3) is 0.433. The Morgan fingerprint density at radius 3 is 2.27 bits per heavy atom. The molecule has 1 aromatic heterocycles. The van der Waals surface area contributed by atoms with E-state index in [4.69, 9.17) is 4.42 Å². The summed E-state index contributed by atoms with van der Waals surface area (Å²) >= 11 is 0. The van der Waals surface area contributed by atoms with E-state index in [-0.39, 0.29) is 48.1 Å². The second-order valence-corrected chi connectivity index (χ2v) is 11.2. The average Bonchev–Trinajstić information content (AvgIpc) is 2.83. The van der Waals surface area contributed by atoms with Gasteiger partial charge >= 0.3 is 0 Å². The van der Waals surface area contributed by atoms with Gasteiger partial charge in [0.05, 0.1) is 30.3 Å². The number of carbonyl (C=O) groups is 2. The van der Waals surface area contributed by atoms with Gasteiger partial charge in [-0.25, -0.2) is 4.39 Å². The topological polar surface area (TPSA) is 70.8 Å². The molecule has 0 aliphatic heterocycles. The first-order chi connectivity index (χ1) is 17.4. The van der Waals surface area contributed by atoms with Gasteiger partial charge in [0.25, 0.3) is 0 Å². The third kappa shape index (κ3) is 8.27. The molecule has 0 aliphatic rings. The zero-order valence-electron chi connectivity index (χ0n) is 22.4. The zero-order chi connectivity index (χ0) is 27.2. The molecular weight excluding hydrogens is 471 g/mol. The molecule has 0 saturated heterocycles. The number of halogens is 1. The Kier molecular flexibility index (Phi) is 9.24. The van der Waals surface area contributed by atoms with Crippen molar-refractivity contribution in [3.8, 4) is 0 Å². The Labute approximate surface area is 218 Å². The average molecular weight is 509 g/mol. The van der Waals surface area contributed by atoms with Crippen molar-refractivity contribution in [1.82, 2.24) is 9.80 Å². The van der Waals surface area contributed by atoms with Gasteiger partial charge in [0, 0.05) is 19.5 Å². The molecule has 0 fully saturated rings. The third-order valence-corrected chi connectivity index (χ3v) is 6.09. The van der Waals surface area contributed by atoms with Crippen molar-refractivity contribution in [2.24, 2.45) is 11.3 Å². The first kappa shape index (κ1) is 28.1. The molecule has 0 aliphatic carbocycles. The molecule has 37 heavy (non-hydrogen) atoms. The van der Waals surface area contributed by atoms with Gasteiger partial charge in [-0.3, -0.25) is 14.4 Å². The number of rotatable bonds is 10. The van der Waals surface area contributed by atoms with E-state index in [0.717, 1.165) is 12.0 Å². The number of nitrogens with zero attached hydrogens (tertiary/aromatic N) is 2. The lowest BCUT2D eigenvalue weighted by molar-refractivity contribution is -0.142. The van der Waals surface area contributed by atoms with Crippen LogP contribution in [-0.4, -0.2) is 34.7 Å². The number of amides is 2. The van der Waals surface area contributed by atoms with Crippen LogP contribution >= 0.6 is 0 Å². The molecule has 0 radical (unpaired) electrons. The zero-order valence-corrected chi connectivity index (χ0v) is 22.4. The quantitative estimate of drug-likeness (QED) is 0.349. The fourth-order valence-electron chi connectivity index (χ4n) is 4.01. The van der Waals surface area contributed by atoms with Gasteiger partial charge in [-0.2, -0.15) is 0 Å². The third-order valence-electron chi connectivity index (χ3n) is 6.09. The van der Waals surface area contributed by atoms with Crippen LogP contribution in [0.2, 0.25) is 0 Å². The largest absolute Gasteiger partial charge is 0.464 e. The second kappa shape index (κ2) is 12.2. The van der Waals surface area contributed by atoms with Crippen molar-refractivity contribution in [3.05, 3.63) is 82.0 Å². The molecule has 2 aromatic carbocycles. The van der Waals surface area contributed by atoms with Crippen LogP contribution in [0.3, 0.4) is 0 Å². The van der Waals surface area contributed by atoms with E-state index in [1.54, 1.807) is 41.3 Å². The standard InChI is InChI=1S/C30H37FN2O4/c1-21(2)14-15-32(27(34)16-30(3,4)5)19-28(35)33(17-22-10-12-24(31)13-11-22)18-23-20-37-26-9-7-6-8-25(26)29(23)36/h6-13,20-21H,14-19H2,1-5H3. The SMILES string of the molecule is CC(C)CCN(CC(=O)N(Cc1ccc(F)cc1)Cc1coc2ccccc2c1=O)C(=O)CC(C)(C)C. The maximum atomic E-state index is 13.6. The van der Waals surface area contributed by atoms with Gasteiger partial charge < -0.3 is 14.2 Å². The highest BCUT2D eigenvalue weighted by Crippen LogP contribution is 2.21. The number of hydrogen-bond acceptors (Lipinski definition) is 4. The summed E-state index contributed by atoms with van der Waals surface area (Å²) in [4.78, 5) is 43.1. The van der Waals surface area contributed by atoms with E-state index in [0.29, 0.717) is 35.4 Å². The van der Waals surface area contributed by atoms with E-state index >= 15 is 0 Å². The van der Waals surface area contributed by atoms with Gasteiger partial charge in [-0.15, -0.1) is 0 Å². The van der Waals surface area contributed by atoms with Gasteiger partial charge in [0.2, 0.25) is 11.8 Å². The predicted molar refractivity (Wildman–Crippen MR) is 143 cm³/mol. The van der Waals surface area contributed by atoms with Gasteiger partial charge in [0.1, 0.15) is 11.4 Å². The Morgan fingerprint density at radius 2 is 1.62 bits per heavy atom. The lowest BCUT2D eigenvalue weighted by atomic mass is 9.91. The summed E-state index contributed by atoms with van der Waals surface area (Å²) in [6.07, 6.45) is 2.48. The van der Waals surface area contributed by atoms with E-state index in [2.05, 4.69) is 13.8 Å². The van der Waals surface area contributed by atoms with Crippen molar-refractivity contribution >= 4 is 22.8 Å². The second-order valence-electron chi connectivity index (χ2n) is 11.2. The minimum absolute atomic E-state index is 0.00879. The van der Waals surface area contributed by atoms with Gasteiger partial charge in [-0.1, -0.05) is 58.9 Å². The summed E-state index contributed by atoms with van der Waals surface area (Å²) < 4.78 is 19.2. The van der Waals surface area contributed by atoms with Crippen LogP contribution in [0.15, 0.2) is 64.0 Å². The molecule has 2 amide bonds. The molecule has 3 aromatic rings. The molecular formula is C30H37FN2O4. The number of carbonyl (C=O) groups excluding carboxylic acids is 2. The molecule has 0 unspecified atom stereocenters. The summed E-state index contributed by atoms with van der Waals surface area (Å²) in [6, 6.07) is 12.9. The minimum Gasteiger partial charge on any atom is -0.464 e. The van der Waals surface area contributed by atoms with Gasteiger partial charge in [0.15, 0.2) is 5.43 Å². The molecule has 0 N–H and O–H groups in total. The number of hydrogen-bond donors (Lipinski definition) is 0. The minimum atomic E-state index is -0.371. The highest BCUT2D eigenvalue weighted by Gasteiger charge is 2.26. The van der Waals surface area contributed by atoms with Gasteiger partial charge in [-0.05, 0) is 47.6 Å². The molecule has 6 nitrogen and oxygen atoms in total. The summed E-state index contributed by atoms with van der Waals surface area (Å²) in [5, 5.41) is 0.438. The van der Waals surface area contributed by atoms with Crippen molar-refractivity contribution in [3.63, 3.8) is 0 Å². The predicted octanol–water partition coefficient (Wildman–Crippen LogP) is 5.77. The van der Waals surface area contributed by atoms with Crippen LogP contribution < -0.4 is 5.43 Å². The molecule has 0 spiro atoms. The number of benzene rings is 2. The lowest BCUT2D eigenvalue weighted by Crippen LogP contribution is -2.44. The Bertz CT molecular complexity index is 1280. The van der Waals surface area contributed by atoms with Crippen LogP contribution in [-0.2, 0) is 22.7 Å². The van der Waals surface area contributed by atoms with Crippen molar-refractivity contribution < 1.29 is 18.4 Å². The van der Waals surface area contributed by atoms with Crippen LogP contribution in [0, 0.1) is 17.2 Å². The van der Waals surface area contributed by atoms with Crippen LogP contribution in [0.1, 0.15) is 58.6 Å². The molecule has 0 atom stereocenters. The van der Waals surface area contributed by atoms with E-state index in [9.17, 15) is 18.8 Å². The Hall–Kier alpha value is -3.48. The number of para-hydroxylation sites is 1. The van der Waals surface area contributed by atoms with Crippen LogP contribution in [0.25, 0.3) is 11.0 Å². The first-order valence-corrected chi connectivity index (χ1v) is 12.7. The summed E-state index contributed by atoms with van der Waals surface area (Å²) in [7, 11) is 0. The lowest BCUT2D eigenvalue weighted by Gasteiger charge is -2.30. The Morgan fingerprint density at radius 1 is 0.946 bits per heavy atom. The summed E-state index contributed by atoms with van der Waals surface area (Å²) in [5.41, 5.74) is 1.10. The molecule has 198 valence electrons. The molecule has 0 saturated carbocycles. The maximum Gasteiger partial charge on any atom is 0.242 e. The molecule has 3 rings (SSSR count). The number of fused-ring (bicyclic) bond motifs is 1. The fourth-order valence-corrected chi connectivity index (χ4v) is 4.01. The van der Waals surface area contributed by atoms with Crippen LogP contribution in [0.4, 0.5) is 4.39 Å². The van der Waals surface area contributed by atoms with Crippen molar-refractivity contribution in [2.75, 3.05) is 13.1 Å². The van der Waals surface area contributed by atoms with Crippen molar-refractivity contribution in [2.45, 2.75) is 60.5 Å². The normalized spacial score (nSPS) is 11.6. The molecule has 0 bridgehead atoms. The molecule has 7 heteroatoms. The van der Waals surface area contributed by atoms with Crippen LogP contribution in [0.5, 0.6) is 0 Å². The smallest absolute Gasteiger partial charge is 0.242 e. The monoisotopic (exact) mass is 508 g/mol. The molecule has 1 heterocycles.